The van der Waals surface area contributed by atoms with Gasteiger partial charge in [-0.3, -0.25) is 9.59 Å². The molecule has 0 saturated heterocycles. The summed E-state index contributed by atoms with van der Waals surface area (Å²) in [7, 11) is 2.98. The third kappa shape index (κ3) is 8.32. The molecule has 1 aliphatic heterocycles. The van der Waals surface area contributed by atoms with Gasteiger partial charge in [0.15, 0.2) is 6.29 Å². The Hall–Kier alpha value is -3.23. The van der Waals surface area contributed by atoms with E-state index in [0.29, 0.717) is 12.8 Å². The van der Waals surface area contributed by atoms with Crippen molar-refractivity contribution >= 4 is 23.9 Å². The number of carbonyl (C=O) groups excluding carboxylic acids is 3. The molecule has 0 radical (unpaired) electrons. The molecule has 0 spiro atoms. The Balaban J connectivity index is 0.00000242. The van der Waals surface area contributed by atoms with Crippen molar-refractivity contribution < 1.29 is 28.6 Å². The van der Waals surface area contributed by atoms with Crippen LogP contribution in [0.25, 0.3) is 0 Å². The third-order valence-corrected chi connectivity index (χ3v) is 3.92. The zero-order valence-electron chi connectivity index (χ0n) is 21.4. The summed E-state index contributed by atoms with van der Waals surface area (Å²) in [5.74, 6) is -2.17. The predicted octanol–water partition coefficient (Wildman–Crippen LogP) is 5.49. The van der Waals surface area contributed by atoms with Crippen molar-refractivity contribution in [2.24, 2.45) is 16.1 Å². The van der Waals surface area contributed by atoms with E-state index in [2.05, 4.69) is 10.2 Å². The fourth-order valence-corrected chi connectivity index (χ4v) is 2.76. The van der Waals surface area contributed by atoms with Crippen molar-refractivity contribution in [2.75, 3.05) is 20.7 Å². The molecule has 0 saturated carbocycles. The molecule has 1 heterocycles. The van der Waals surface area contributed by atoms with Crippen LogP contribution in [0.2, 0.25) is 0 Å². The first-order chi connectivity index (χ1) is 15.6. The summed E-state index contributed by atoms with van der Waals surface area (Å²) in [6.45, 7) is 15.6. The molecule has 9 nitrogen and oxygen atoms in total. The number of amides is 1. The molecule has 0 atom stereocenters. The number of esters is 1. The number of methoxy groups -OCH3 is 1. The summed E-state index contributed by atoms with van der Waals surface area (Å²) < 4.78 is 15.6. The van der Waals surface area contributed by atoms with Crippen molar-refractivity contribution in [3.63, 3.8) is 0 Å². The molecule has 184 valence electrons. The summed E-state index contributed by atoms with van der Waals surface area (Å²) in [5, 5.41) is 7.82. The molecule has 1 aromatic carbocycles. The van der Waals surface area contributed by atoms with E-state index in [1.807, 2.05) is 41.5 Å². The number of carbonyl (C=O) groups is 3. The largest absolute Gasteiger partial charge is 0.467 e. The topological polar surface area (TPSA) is 107 Å². The van der Waals surface area contributed by atoms with E-state index in [9.17, 15) is 14.4 Å². The van der Waals surface area contributed by atoms with Crippen LogP contribution in [-0.2, 0) is 19.0 Å². The molecule has 0 fully saturated rings. The standard InChI is InChI=1S/C20H25N3O6.2C2H6/c1-12(2)10-23(5)17(25)13-8-7-9-15(14(13)11-24)21-22-16-18(26)28-20(3,4)29-19(16)27-6;2*1-2/h7-9,11-12H,10H2,1-6H3;2*1-2H3. The number of benzene rings is 1. The maximum Gasteiger partial charge on any atom is 0.369 e. The SMILES string of the molecule is CC.CC.COC1=C(N=Nc2cccc(C(=O)N(C)CC(C)C)c2C=O)C(=O)OC(C)(C)O1. The zero-order chi connectivity index (χ0) is 25.8. The van der Waals surface area contributed by atoms with Gasteiger partial charge in [0.2, 0.25) is 0 Å². The van der Waals surface area contributed by atoms with Gasteiger partial charge >= 0.3 is 11.9 Å². The highest BCUT2D eigenvalue weighted by atomic mass is 16.8. The Kier molecular flexibility index (Phi) is 12.7. The Morgan fingerprint density at radius 3 is 2.27 bits per heavy atom. The lowest BCUT2D eigenvalue weighted by Gasteiger charge is -2.30. The Labute approximate surface area is 196 Å². The quantitative estimate of drug-likeness (QED) is 0.301. The molecular formula is C24H37N3O6. The molecule has 2 rings (SSSR count). The lowest BCUT2D eigenvalue weighted by atomic mass is 10.0. The predicted molar refractivity (Wildman–Crippen MR) is 126 cm³/mol. The number of hydrogen-bond donors (Lipinski definition) is 0. The van der Waals surface area contributed by atoms with E-state index in [0.717, 1.165) is 0 Å². The van der Waals surface area contributed by atoms with Crippen LogP contribution in [0.4, 0.5) is 5.69 Å². The smallest absolute Gasteiger partial charge is 0.369 e. The molecule has 0 N–H and O–H groups in total. The number of cyclic esters (lactones) is 1. The van der Waals surface area contributed by atoms with E-state index in [1.165, 1.54) is 18.1 Å². The lowest BCUT2D eigenvalue weighted by molar-refractivity contribution is -0.224. The summed E-state index contributed by atoms with van der Waals surface area (Å²) in [6, 6.07) is 4.64. The molecule has 0 bridgehead atoms. The van der Waals surface area contributed by atoms with E-state index in [4.69, 9.17) is 14.2 Å². The highest BCUT2D eigenvalue weighted by molar-refractivity contribution is 6.04. The molecule has 1 amide bonds. The fourth-order valence-electron chi connectivity index (χ4n) is 2.76. The normalized spacial score (nSPS) is 14.3. The van der Waals surface area contributed by atoms with Crippen molar-refractivity contribution in [2.45, 2.75) is 61.2 Å². The van der Waals surface area contributed by atoms with Crippen LogP contribution < -0.4 is 0 Å². The van der Waals surface area contributed by atoms with Crippen LogP contribution in [0.15, 0.2) is 40.1 Å². The summed E-state index contributed by atoms with van der Waals surface area (Å²) in [5.41, 5.74) is 0.118. The number of nitrogens with zero attached hydrogens (tertiary/aromatic N) is 3. The Morgan fingerprint density at radius 1 is 1.15 bits per heavy atom. The minimum atomic E-state index is -1.21. The second-order valence-corrected chi connectivity index (χ2v) is 7.37. The van der Waals surface area contributed by atoms with Crippen LogP contribution in [0.1, 0.15) is 76.1 Å². The van der Waals surface area contributed by atoms with E-state index in [1.54, 1.807) is 33.0 Å². The van der Waals surface area contributed by atoms with E-state index < -0.39 is 11.8 Å². The van der Waals surface area contributed by atoms with Gasteiger partial charge in [-0.15, -0.1) is 10.2 Å². The second-order valence-electron chi connectivity index (χ2n) is 7.37. The Morgan fingerprint density at radius 2 is 1.76 bits per heavy atom. The molecule has 1 aromatic rings. The summed E-state index contributed by atoms with van der Waals surface area (Å²) >= 11 is 0. The van der Waals surface area contributed by atoms with Crippen molar-refractivity contribution in [1.29, 1.82) is 0 Å². The first kappa shape index (κ1) is 29.8. The van der Waals surface area contributed by atoms with Crippen LogP contribution in [0.3, 0.4) is 0 Å². The van der Waals surface area contributed by atoms with Crippen LogP contribution in [0, 0.1) is 5.92 Å². The van der Waals surface area contributed by atoms with Gasteiger partial charge < -0.3 is 19.1 Å². The van der Waals surface area contributed by atoms with E-state index >= 15 is 0 Å². The van der Waals surface area contributed by atoms with Crippen LogP contribution >= 0.6 is 0 Å². The fraction of sp³-hybridized carbons (Fsp3) is 0.542. The second kappa shape index (κ2) is 14.0. The highest BCUT2D eigenvalue weighted by Crippen LogP contribution is 2.29. The number of ether oxygens (including phenoxy) is 3. The monoisotopic (exact) mass is 463 g/mol. The minimum Gasteiger partial charge on any atom is -0.467 e. The summed E-state index contributed by atoms with van der Waals surface area (Å²) in [4.78, 5) is 38.1. The first-order valence-electron chi connectivity index (χ1n) is 11.1. The molecule has 33 heavy (non-hydrogen) atoms. The molecule has 0 unspecified atom stereocenters. The van der Waals surface area contributed by atoms with Crippen molar-refractivity contribution in [3.05, 3.63) is 41.0 Å². The number of rotatable bonds is 7. The third-order valence-electron chi connectivity index (χ3n) is 3.92. The zero-order valence-corrected chi connectivity index (χ0v) is 21.4. The van der Waals surface area contributed by atoms with Gasteiger partial charge in [0.05, 0.1) is 23.9 Å². The van der Waals surface area contributed by atoms with Gasteiger partial charge in [-0.2, -0.15) is 0 Å². The molecule has 9 heteroatoms. The number of azo groups is 1. The number of aldehydes is 1. The van der Waals surface area contributed by atoms with E-state index in [-0.39, 0.29) is 40.3 Å². The maximum absolute atomic E-state index is 12.7. The molecular weight excluding hydrogens is 426 g/mol. The minimum absolute atomic E-state index is 0.0712. The molecule has 1 aliphatic rings. The van der Waals surface area contributed by atoms with Crippen molar-refractivity contribution in [3.8, 4) is 0 Å². The van der Waals surface area contributed by atoms with Crippen LogP contribution in [-0.4, -0.2) is 49.6 Å². The molecule has 0 aliphatic carbocycles. The van der Waals surface area contributed by atoms with Gasteiger partial charge in [-0.25, -0.2) is 4.79 Å². The van der Waals surface area contributed by atoms with Crippen LogP contribution in [0.5, 0.6) is 0 Å². The first-order valence-corrected chi connectivity index (χ1v) is 11.1. The van der Waals surface area contributed by atoms with Gasteiger partial charge in [-0.1, -0.05) is 47.6 Å². The number of hydrogen-bond acceptors (Lipinski definition) is 8. The molecule has 0 aromatic heterocycles. The van der Waals surface area contributed by atoms with Crippen molar-refractivity contribution in [1.82, 2.24) is 4.90 Å². The lowest BCUT2D eigenvalue weighted by Crippen LogP contribution is -2.37. The average Bonchev–Trinajstić information content (AvgIpc) is 2.78. The Bertz CT molecular complexity index is 875. The maximum atomic E-state index is 12.7. The van der Waals surface area contributed by atoms with Gasteiger partial charge in [0, 0.05) is 27.4 Å². The van der Waals surface area contributed by atoms with Gasteiger partial charge in [0.1, 0.15) is 0 Å². The summed E-state index contributed by atoms with van der Waals surface area (Å²) in [6.07, 6.45) is 0.537. The van der Waals surface area contributed by atoms with Gasteiger partial charge in [-0.05, 0) is 18.1 Å². The van der Waals surface area contributed by atoms with Gasteiger partial charge in [0.25, 0.3) is 17.4 Å². The highest BCUT2D eigenvalue weighted by Gasteiger charge is 2.37. The average molecular weight is 464 g/mol.